The van der Waals surface area contributed by atoms with Crippen molar-refractivity contribution in [3.05, 3.63) is 78.3 Å². The van der Waals surface area contributed by atoms with Crippen molar-refractivity contribution in [3.63, 3.8) is 0 Å². The molecule has 0 saturated carbocycles. The van der Waals surface area contributed by atoms with E-state index in [2.05, 4.69) is 29.6 Å². The van der Waals surface area contributed by atoms with Crippen LogP contribution in [0.3, 0.4) is 0 Å². The maximum Gasteiger partial charge on any atom is 0.268 e. The molecule has 2 aromatic carbocycles. The van der Waals surface area contributed by atoms with Gasteiger partial charge in [0.25, 0.3) is 10.0 Å². The summed E-state index contributed by atoms with van der Waals surface area (Å²) in [6, 6.07) is 18.8. The van der Waals surface area contributed by atoms with E-state index in [0.717, 1.165) is 16.8 Å². The minimum absolute atomic E-state index is 0.0855. The van der Waals surface area contributed by atoms with E-state index < -0.39 is 18.1 Å². The number of aromatic nitrogens is 4. The Kier molecular flexibility index (Phi) is 6.50. The third-order valence-corrected chi connectivity index (χ3v) is 9.61. The summed E-state index contributed by atoms with van der Waals surface area (Å²) in [5, 5.41) is 1.61. The minimum Gasteiger partial charge on any atom is -0.361 e. The summed E-state index contributed by atoms with van der Waals surface area (Å²) in [6.07, 6.45) is 3.51. The monoisotopic (exact) mass is 538 g/mol. The minimum atomic E-state index is -3.82. The van der Waals surface area contributed by atoms with Gasteiger partial charge in [0.15, 0.2) is 0 Å². The fourth-order valence-electron chi connectivity index (χ4n) is 4.13. The predicted octanol–water partition coefficient (Wildman–Crippen LogP) is 6.26. The molecule has 0 spiro atoms. The zero-order valence-corrected chi connectivity index (χ0v) is 22.9. The Morgan fingerprint density at radius 1 is 0.944 bits per heavy atom. The lowest BCUT2D eigenvalue weighted by Gasteiger charge is -2.15. The fraction of sp³-hybridized carbons (Fsp3) is 0.231. The summed E-state index contributed by atoms with van der Waals surface area (Å²) in [7, 11) is -5.01. The number of rotatable bonds is 8. The van der Waals surface area contributed by atoms with Crippen molar-refractivity contribution in [3.8, 4) is 11.3 Å². The van der Waals surface area contributed by atoms with Crippen molar-refractivity contribution in [1.82, 2.24) is 18.5 Å². The van der Waals surface area contributed by atoms with Crippen molar-refractivity contribution in [2.75, 3.05) is 6.61 Å². The lowest BCUT2D eigenvalue weighted by Crippen LogP contribution is -2.22. The van der Waals surface area contributed by atoms with Crippen LogP contribution in [-0.4, -0.2) is 41.6 Å². The molecular formula is C26H27ClN4O3SSi. The smallest absolute Gasteiger partial charge is 0.268 e. The zero-order chi connectivity index (χ0) is 25.5. The quantitative estimate of drug-likeness (QED) is 0.132. The first-order chi connectivity index (χ1) is 17.1. The Hall–Kier alpha value is -2.98. The molecular weight excluding hydrogens is 512 g/mol. The lowest BCUT2D eigenvalue weighted by molar-refractivity contribution is 0.0899. The van der Waals surface area contributed by atoms with E-state index in [9.17, 15) is 8.42 Å². The van der Waals surface area contributed by atoms with Crippen LogP contribution in [0.15, 0.2) is 78.0 Å². The maximum atomic E-state index is 13.5. The van der Waals surface area contributed by atoms with Crippen LogP contribution in [0.25, 0.3) is 33.2 Å². The first kappa shape index (κ1) is 24.7. The summed E-state index contributed by atoms with van der Waals surface area (Å²) in [6.45, 7) is 7.98. The fourth-order valence-corrected chi connectivity index (χ4v) is 6.44. The number of hydrogen-bond donors (Lipinski definition) is 0. The summed E-state index contributed by atoms with van der Waals surface area (Å²) < 4.78 is 36.2. The first-order valence-corrected chi connectivity index (χ1v) is 17.2. The van der Waals surface area contributed by atoms with Gasteiger partial charge in [0.2, 0.25) is 5.28 Å². The highest BCUT2D eigenvalue weighted by molar-refractivity contribution is 7.90. The van der Waals surface area contributed by atoms with Gasteiger partial charge in [-0.05, 0) is 41.9 Å². The second-order valence-electron chi connectivity index (χ2n) is 9.89. The molecule has 0 radical (unpaired) electrons. The first-order valence-electron chi connectivity index (χ1n) is 11.7. The summed E-state index contributed by atoms with van der Waals surface area (Å²) in [5.41, 5.74) is 2.44. The number of nitrogens with zero attached hydrogens (tertiary/aromatic N) is 4. The van der Waals surface area contributed by atoms with Gasteiger partial charge in [-0.3, -0.25) is 0 Å². The van der Waals surface area contributed by atoms with Crippen molar-refractivity contribution in [1.29, 1.82) is 0 Å². The van der Waals surface area contributed by atoms with Gasteiger partial charge in [-0.15, -0.1) is 0 Å². The molecule has 3 aromatic heterocycles. The van der Waals surface area contributed by atoms with Gasteiger partial charge >= 0.3 is 0 Å². The largest absolute Gasteiger partial charge is 0.361 e. The molecule has 0 aliphatic carbocycles. The second-order valence-corrected chi connectivity index (χ2v) is 17.7. The molecule has 0 atom stereocenters. The predicted molar refractivity (Wildman–Crippen MR) is 147 cm³/mol. The lowest BCUT2D eigenvalue weighted by atomic mass is 10.1. The van der Waals surface area contributed by atoms with Crippen molar-refractivity contribution in [2.24, 2.45) is 0 Å². The molecule has 36 heavy (non-hydrogen) atoms. The Morgan fingerprint density at radius 3 is 2.42 bits per heavy atom. The number of halogens is 1. The Morgan fingerprint density at radius 2 is 1.67 bits per heavy atom. The van der Waals surface area contributed by atoms with E-state index in [1.807, 2.05) is 35.0 Å². The molecule has 0 saturated heterocycles. The molecule has 0 aliphatic rings. The Balaban J connectivity index is 1.61. The Bertz CT molecular complexity index is 1660. The van der Waals surface area contributed by atoms with E-state index in [-0.39, 0.29) is 10.2 Å². The van der Waals surface area contributed by atoms with Crippen LogP contribution in [0.4, 0.5) is 0 Å². The van der Waals surface area contributed by atoms with Crippen molar-refractivity contribution in [2.45, 2.75) is 37.3 Å². The number of hydrogen-bond acceptors (Lipinski definition) is 5. The number of para-hydroxylation sites is 1. The van der Waals surface area contributed by atoms with Gasteiger partial charge in [0.05, 0.1) is 16.1 Å². The van der Waals surface area contributed by atoms with Crippen LogP contribution >= 0.6 is 11.6 Å². The third kappa shape index (κ3) is 4.71. The van der Waals surface area contributed by atoms with Gasteiger partial charge in [-0.1, -0.05) is 56.0 Å². The van der Waals surface area contributed by atoms with Gasteiger partial charge in [0, 0.05) is 43.4 Å². The van der Waals surface area contributed by atoms with E-state index >= 15 is 0 Å². The molecule has 10 heteroatoms. The van der Waals surface area contributed by atoms with Crippen LogP contribution in [0.5, 0.6) is 0 Å². The Labute approximate surface area is 216 Å². The molecule has 5 aromatic rings. The highest BCUT2D eigenvalue weighted by atomic mass is 35.5. The molecule has 5 rings (SSSR count). The van der Waals surface area contributed by atoms with Gasteiger partial charge in [-0.2, -0.15) is 4.98 Å². The molecule has 7 nitrogen and oxygen atoms in total. The van der Waals surface area contributed by atoms with Gasteiger partial charge in [0.1, 0.15) is 12.4 Å². The summed E-state index contributed by atoms with van der Waals surface area (Å²) >= 11 is 6.37. The van der Waals surface area contributed by atoms with E-state index in [1.54, 1.807) is 42.6 Å². The second kappa shape index (κ2) is 9.47. The maximum absolute atomic E-state index is 13.5. The molecule has 186 valence electrons. The standard InChI is InChI=1S/C26H27ClN4O3SSi/c1-36(2,3)16-15-34-18-30-14-13-21-24(28-26(27)29-25(21)30)22-17-31(23-12-8-7-11-20(22)23)35(32,33)19-9-5-4-6-10-19/h4-14,17H,15-16,18H2,1-3H3. The molecule has 0 amide bonds. The van der Waals surface area contributed by atoms with Crippen LogP contribution in [0.1, 0.15) is 0 Å². The van der Waals surface area contributed by atoms with E-state index in [0.29, 0.717) is 35.8 Å². The average Bonchev–Trinajstić information content (AvgIpc) is 3.43. The highest BCUT2D eigenvalue weighted by Gasteiger charge is 2.24. The van der Waals surface area contributed by atoms with Crippen LogP contribution in [0.2, 0.25) is 31.0 Å². The van der Waals surface area contributed by atoms with E-state index in [4.69, 9.17) is 16.3 Å². The van der Waals surface area contributed by atoms with Crippen LogP contribution in [-0.2, 0) is 21.5 Å². The van der Waals surface area contributed by atoms with Crippen LogP contribution < -0.4 is 0 Å². The van der Waals surface area contributed by atoms with Crippen molar-refractivity contribution >= 4 is 51.6 Å². The van der Waals surface area contributed by atoms with E-state index in [1.165, 1.54) is 3.97 Å². The molecule has 3 heterocycles. The average molecular weight is 539 g/mol. The number of ether oxygens (including phenoxy) is 1. The number of benzene rings is 2. The SMILES string of the molecule is C[Si](C)(C)CCOCn1ccc2c(-c3cn(S(=O)(=O)c4ccccc4)c4ccccc34)nc(Cl)nc21. The zero-order valence-electron chi connectivity index (χ0n) is 20.3. The topological polar surface area (TPSA) is 79.0 Å². The molecule has 0 aliphatic heterocycles. The van der Waals surface area contributed by atoms with Crippen LogP contribution in [0, 0.1) is 0 Å². The summed E-state index contributed by atoms with van der Waals surface area (Å²) in [4.78, 5) is 9.20. The highest BCUT2D eigenvalue weighted by Crippen LogP contribution is 2.36. The van der Waals surface area contributed by atoms with Gasteiger partial charge < -0.3 is 9.30 Å². The molecule has 0 fully saturated rings. The third-order valence-electron chi connectivity index (χ3n) is 6.05. The normalized spacial score (nSPS) is 12.6. The van der Waals surface area contributed by atoms with Gasteiger partial charge in [-0.25, -0.2) is 17.4 Å². The van der Waals surface area contributed by atoms with Crippen molar-refractivity contribution < 1.29 is 13.2 Å². The molecule has 0 unspecified atom stereocenters. The molecule has 0 N–H and O–H groups in total. The summed E-state index contributed by atoms with van der Waals surface area (Å²) in [5.74, 6) is 0. The number of fused-ring (bicyclic) bond motifs is 2. The molecule has 0 bridgehead atoms.